The molecule has 0 aliphatic rings. The van der Waals surface area contributed by atoms with E-state index in [1.807, 2.05) is 0 Å². The zero-order valence-corrected chi connectivity index (χ0v) is 54.8. The average Bonchev–Trinajstić information content (AvgIpc) is 3.47. The number of hydrogen-bond acceptors (Lipinski definition) is 6. The summed E-state index contributed by atoms with van der Waals surface area (Å²) in [6, 6.07) is 0. The number of rotatable bonds is 68. The molecule has 81 heavy (non-hydrogen) atoms. The third-order valence-corrected chi connectivity index (χ3v) is 16.6. The standard InChI is InChI=1S/C75H140O6/c1-4-7-10-13-16-19-22-25-28-31-32-33-34-35-36-37-38-39-40-41-42-45-47-50-53-56-59-62-65-68-74(77)80-71-72(81-75(78)69-66-63-60-57-54-51-48-44-30-27-24-21-18-15-12-9-6-3)70-79-73(76)67-64-61-58-55-52-49-46-43-29-26-23-20-17-14-11-8-5-2/h26-27,29-32,72H,4-25,28,33-71H2,1-3H3/b29-26-,30-27-,32-31-. The second-order valence-electron chi connectivity index (χ2n) is 24.8. The zero-order valence-electron chi connectivity index (χ0n) is 54.8. The zero-order chi connectivity index (χ0) is 58.5. The largest absolute Gasteiger partial charge is 0.462 e. The van der Waals surface area contributed by atoms with E-state index < -0.39 is 6.10 Å². The van der Waals surface area contributed by atoms with Crippen LogP contribution in [0.4, 0.5) is 0 Å². The maximum Gasteiger partial charge on any atom is 0.306 e. The summed E-state index contributed by atoms with van der Waals surface area (Å²) in [6.45, 7) is 6.70. The molecule has 1 atom stereocenters. The first-order valence-corrected chi connectivity index (χ1v) is 36.5. The second-order valence-corrected chi connectivity index (χ2v) is 24.8. The first-order chi connectivity index (χ1) is 40.0. The van der Waals surface area contributed by atoms with Crippen LogP contribution >= 0.6 is 0 Å². The minimum Gasteiger partial charge on any atom is -0.462 e. The van der Waals surface area contributed by atoms with Gasteiger partial charge in [-0.15, -0.1) is 0 Å². The van der Waals surface area contributed by atoms with Gasteiger partial charge in [-0.2, -0.15) is 0 Å². The van der Waals surface area contributed by atoms with Crippen molar-refractivity contribution >= 4 is 17.9 Å². The van der Waals surface area contributed by atoms with Gasteiger partial charge >= 0.3 is 17.9 Å². The van der Waals surface area contributed by atoms with E-state index in [1.165, 1.54) is 308 Å². The highest BCUT2D eigenvalue weighted by molar-refractivity contribution is 5.71. The van der Waals surface area contributed by atoms with Crippen LogP contribution in [0.1, 0.15) is 406 Å². The first-order valence-electron chi connectivity index (χ1n) is 36.5. The van der Waals surface area contributed by atoms with Gasteiger partial charge in [0.2, 0.25) is 0 Å². The summed E-state index contributed by atoms with van der Waals surface area (Å²) in [4.78, 5) is 38.5. The maximum atomic E-state index is 12.9. The summed E-state index contributed by atoms with van der Waals surface area (Å²) in [5, 5.41) is 0. The van der Waals surface area contributed by atoms with Gasteiger partial charge in [-0.05, 0) is 96.3 Å². The van der Waals surface area contributed by atoms with Crippen molar-refractivity contribution in [3.8, 4) is 0 Å². The van der Waals surface area contributed by atoms with Gasteiger partial charge in [-0.25, -0.2) is 0 Å². The maximum absolute atomic E-state index is 12.9. The predicted octanol–water partition coefficient (Wildman–Crippen LogP) is 25.1. The summed E-state index contributed by atoms with van der Waals surface area (Å²) < 4.78 is 17.0. The lowest BCUT2D eigenvalue weighted by atomic mass is 10.0. The highest BCUT2D eigenvalue weighted by Crippen LogP contribution is 2.18. The molecule has 0 saturated heterocycles. The fraction of sp³-hybridized carbons (Fsp3) is 0.880. The molecular weight excluding hydrogens is 997 g/mol. The quantitative estimate of drug-likeness (QED) is 0.0261. The Hall–Kier alpha value is -2.37. The third-order valence-electron chi connectivity index (χ3n) is 16.6. The molecule has 0 aromatic carbocycles. The fourth-order valence-corrected chi connectivity index (χ4v) is 11.1. The lowest BCUT2D eigenvalue weighted by Gasteiger charge is -2.18. The van der Waals surface area contributed by atoms with Gasteiger partial charge in [0, 0.05) is 19.3 Å². The summed E-state index contributed by atoms with van der Waals surface area (Å²) in [7, 11) is 0. The summed E-state index contributed by atoms with van der Waals surface area (Å²) in [5.74, 6) is -0.850. The molecule has 0 radical (unpaired) electrons. The Balaban J connectivity index is 4.22. The Kier molecular flexibility index (Phi) is 68.1. The van der Waals surface area contributed by atoms with Crippen molar-refractivity contribution in [2.45, 2.75) is 412 Å². The molecule has 0 spiro atoms. The van der Waals surface area contributed by atoms with Crippen molar-refractivity contribution < 1.29 is 28.6 Å². The summed E-state index contributed by atoms with van der Waals surface area (Å²) in [6.07, 6.45) is 87.5. The van der Waals surface area contributed by atoms with Crippen molar-refractivity contribution in [1.82, 2.24) is 0 Å². The van der Waals surface area contributed by atoms with Crippen LogP contribution in [0, 0.1) is 0 Å². The molecule has 0 heterocycles. The van der Waals surface area contributed by atoms with E-state index in [2.05, 4.69) is 57.2 Å². The first kappa shape index (κ1) is 78.6. The number of hydrogen-bond donors (Lipinski definition) is 0. The van der Waals surface area contributed by atoms with Gasteiger partial charge in [0.1, 0.15) is 13.2 Å². The molecule has 0 aromatic rings. The molecule has 0 aliphatic carbocycles. The third kappa shape index (κ3) is 68.3. The molecule has 0 aromatic heterocycles. The molecule has 0 amide bonds. The van der Waals surface area contributed by atoms with Crippen molar-refractivity contribution in [1.29, 1.82) is 0 Å². The Bertz CT molecular complexity index is 1350. The molecule has 0 aliphatic heterocycles. The molecule has 0 fully saturated rings. The highest BCUT2D eigenvalue weighted by Gasteiger charge is 2.19. The van der Waals surface area contributed by atoms with E-state index in [4.69, 9.17) is 14.2 Å². The Morgan fingerprint density at radius 2 is 0.407 bits per heavy atom. The van der Waals surface area contributed by atoms with E-state index in [0.29, 0.717) is 19.3 Å². The molecule has 0 N–H and O–H groups in total. The van der Waals surface area contributed by atoms with E-state index in [1.54, 1.807) is 0 Å². The van der Waals surface area contributed by atoms with Crippen molar-refractivity contribution in [2.75, 3.05) is 13.2 Å². The number of unbranched alkanes of at least 4 members (excludes halogenated alkanes) is 51. The second kappa shape index (κ2) is 70.1. The van der Waals surface area contributed by atoms with E-state index >= 15 is 0 Å². The average molecular weight is 1140 g/mol. The van der Waals surface area contributed by atoms with Gasteiger partial charge < -0.3 is 14.2 Å². The number of carbonyl (C=O) groups is 3. The minimum absolute atomic E-state index is 0.0707. The van der Waals surface area contributed by atoms with Crippen LogP contribution in [-0.2, 0) is 28.6 Å². The molecule has 476 valence electrons. The van der Waals surface area contributed by atoms with Crippen LogP contribution in [0.25, 0.3) is 0 Å². The topological polar surface area (TPSA) is 78.9 Å². The number of ether oxygens (including phenoxy) is 3. The molecule has 0 rings (SSSR count). The Morgan fingerprint density at radius 3 is 0.617 bits per heavy atom. The SMILES string of the molecule is CCCCCCCC/C=C\CCCCCCCCCC(=O)OCC(COC(=O)CCCCCCCCCCCCCCCCCCC/C=C\CCCCCCCCCC)OC(=O)CCCCCCCCC/C=C\CCCCCCCC. The van der Waals surface area contributed by atoms with Gasteiger partial charge in [0.05, 0.1) is 0 Å². The van der Waals surface area contributed by atoms with Gasteiger partial charge in [-0.3, -0.25) is 14.4 Å². The fourth-order valence-electron chi connectivity index (χ4n) is 11.1. The molecular formula is C75H140O6. The molecule has 1 unspecified atom stereocenters. The minimum atomic E-state index is -0.776. The van der Waals surface area contributed by atoms with Crippen LogP contribution in [0.3, 0.4) is 0 Å². The van der Waals surface area contributed by atoms with Crippen LogP contribution in [0.15, 0.2) is 36.5 Å². The van der Waals surface area contributed by atoms with Gasteiger partial charge in [0.25, 0.3) is 0 Å². The van der Waals surface area contributed by atoms with E-state index in [0.717, 1.165) is 57.8 Å². The molecule has 0 bridgehead atoms. The normalized spacial score (nSPS) is 12.2. The molecule has 6 nitrogen and oxygen atoms in total. The van der Waals surface area contributed by atoms with Crippen LogP contribution in [0.2, 0.25) is 0 Å². The lowest BCUT2D eigenvalue weighted by molar-refractivity contribution is -0.167. The van der Waals surface area contributed by atoms with Gasteiger partial charge in [-0.1, -0.05) is 327 Å². The van der Waals surface area contributed by atoms with E-state index in [9.17, 15) is 14.4 Å². The van der Waals surface area contributed by atoms with Crippen LogP contribution < -0.4 is 0 Å². The molecule has 0 saturated carbocycles. The number of carbonyl (C=O) groups excluding carboxylic acids is 3. The van der Waals surface area contributed by atoms with Crippen molar-refractivity contribution in [3.63, 3.8) is 0 Å². The number of allylic oxidation sites excluding steroid dienone is 6. The van der Waals surface area contributed by atoms with Crippen molar-refractivity contribution in [3.05, 3.63) is 36.5 Å². The predicted molar refractivity (Wildman–Crippen MR) is 353 cm³/mol. The van der Waals surface area contributed by atoms with Crippen LogP contribution in [-0.4, -0.2) is 37.2 Å². The Labute approximate surface area is 506 Å². The van der Waals surface area contributed by atoms with Crippen molar-refractivity contribution in [2.24, 2.45) is 0 Å². The Morgan fingerprint density at radius 1 is 0.235 bits per heavy atom. The van der Waals surface area contributed by atoms with E-state index in [-0.39, 0.29) is 31.1 Å². The van der Waals surface area contributed by atoms with Crippen LogP contribution in [0.5, 0.6) is 0 Å². The summed E-state index contributed by atoms with van der Waals surface area (Å²) in [5.41, 5.74) is 0. The number of esters is 3. The monoisotopic (exact) mass is 1140 g/mol. The highest BCUT2D eigenvalue weighted by atomic mass is 16.6. The smallest absolute Gasteiger partial charge is 0.306 e. The molecule has 6 heteroatoms. The summed E-state index contributed by atoms with van der Waals surface area (Å²) >= 11 is 0. The lowest BCUT2D eigenvalue weighted by Crippen LogP contribution is -2.30. The van der Waals surface area contributed by atoms with Gasteiger partial charge in [0.15, 0.2) is 6.10 Å².